The summed E-state index contributed by atoms with van der Waals surface area (Å²) in [6.45, 7) is 3.55. The first-order valence-electron chi connectivity index (χ1n) is 7.86. The van der Waals surface area contributed by atoms with Gasteiger partial charge in [0.1, 0.15) is 5.75 Å². The van der Waals surface area contributed by atoms with Crippen molar-refractivity contribution in [3.05, 3.63) is 58.1 Å². The molecule has 0 heterocycles. The topological polar surface area (TPSA) is 111 Å². The molecule has 0 fully saturated rings. The zero-order valence-electron chi connectivity index (χ0n) is 14.6. The Morgan fingerprint density at radius 1 is 1.08 bits per heavy atom. The Bertz CT molecular complexity index is 848. The summed E-state index contributed by atoms with van der Waals surface area (Å²) in [5.41, 5.74) is 0.796. The molecule has 8 nitrogen and oxygen atoms in total. The van der Waals surface area contributed by atoms with Crippen LogP contribution in [-0.4, -0.2) is 23.8 Å². The molecule has 0 aromatic heterocycles. The molecule has 0 unspecified atom stereocenters. The van der Waals surface area contributed by atoms with Crippen LogP contribution >= 0.6 is 0 Å². The van der Waals surface area contributed by atoms with Crippen LogP contribution in [0.15, 0.2) is 42.5 Å². The highest BCUT2D eigenvalue weighted by atomic mass is 16.6. The first kappa shape index (κ1) is 18.9. The molecule has 2 rings (SSSR count). The summed E-state index contributed by atoms with van der Waals surface area (Å²) in [6.07, 6.45) is 0. The highest BCUT2D eigenvalue weighted by Crippen LogP contribution is 2.25. The van der Waals surface area contributed by atoms with Gasteiger partial charge in [0.2, 0.25) is 5.91 Å². The van der Waals surface area contributed by atoms with Crippen LogP contribution in [0.4, 0.5) is 17.1 Å². The summed E-state index contributed by atoms with van der Waals surface area (Å²) >= 11 is 0. The first-order valence-corrected chi connectivity index (χ1v) is 7.86. The molecule has 2 aromatic rings. The fraction of sp³-hybridized carbons (Fsp3) is 0.222. The molecule has 2 N–H and O–H groups in total. The summed E-state index contributed by atoms with van der Waals surface area (Å²) in [4.78, 5) is 34.6. The summed E-state index contributed by atoms with van der Waals surface area (Å²) in [5.74, 6) is -0.661. The van der Waals surface area contributed by atoms with Crippen LogP contribution in [0, 0.1) is 16.0 Å². The number of methoxy groups -OCH3 is 1. The van der Waals surface area contributed by atoms with E-state index >= 15 is 0 Å². The average Bonchev–Trinajstić information content (AvgIpc) is 2.61. The zero-order valence-corrected chi connectivity index (χ0v) is 14.6. The lowest BCUT2D eigenvalue weighted by Gasteiger charge is -2.11. The number of nitrogens with zero attached hydrogens (tertiary/aromatic N) is 1. The molecule has 0 saturated heterocycles. The molecule has 26 heavy (non-hydrogen) atoms. The predicted molar refractivity (Wildman–Crippen MR) is 97.5 cm³/mol. The van der Waals surface area contributed by atoms with Gasteiger partial charge in [0.15, 0.2) is 0 Å². The van der Waals surface area contributed by atoms with E-state index in [-0.39, 0.29) is 28.8 Å². The minimum atomic E-state index is -0.585. The third kappa shape index (κ3) is 4.56. The van der Waals surface area contributed by atoms with E-state index in [0.29, 0.717) is 11.4 Å². The SMILES string of the molecule is COc1ccc([N+](=O)[O-])cc1C(=O)Nc1cccc(NC(=O)C(C)C)c1. The smallest absolute Gasteiger partial charge is 0.270 e. The molecule has 0 aliphatic carbocycles. The van der Waals surface area contributed by atoms with Crippen LogP contribution in [0.5, 0.6) is 5.75 Å². The lowest BCUT2D eigenvalue weighted by molar-refractivity contribution is -0.384. The van der Waals surface area contributed by atoms with Crippen molar-refractivity contribution in [3.8, 4) is 5.75 Å². The van der Waals surface area contributed by atoms with Gasteiger partial charge in [-0.2, -0.15) is 0 Å². The summed E-state index contributed by atoms with van der Waals surface area (Å²) in [5, 5.41) is 16.3. The van der Waals surface area contributed by atoms with Crippen LogP contribution in [0.25, 0.3) is 0 Å². The molecule has 0 aliphatic rings. The highest BCUT2D eigenvalue weighted by Gasteiger charge is 2.18. The normalized spacial score (nSPS) is 10.3. The van der Waals surface area contributed by atoms with Crippen molar-refractivity contribution < 1.29 is 19.2 Å². The van der Waals surface area contributed by atoms with Crippen molar-refractivity contribution in [2.75, 3.05) is 17.7 Å². The van der Waals surface area contributed by atoms with Gasteiger partial charge in [-0.3, -0.25) is 19.7 Å². The van der Waals surface area contributed by atoms with Gasteiger partial charge in [0.25, 0.3) is 11.6 Å². The van der Waals surface area contributed by atoms with Gasteiger partial charge in [0.05, 0.1) is 17.6 Å². The standard InChI is InChI=1S/C18H19N3O5/c1-11(2)17(22)19-12-5-4-6-13(9-12)20-18(23)15-10-14(21(24)25)7-8-16(15)26-3/h4-11H,1-3H3,(H,19,22)(H,20,23). The maximum Gasteiger partial charge on any atom is 0.270 e. The molecular weight excluding hydrogens is 338 g/mol. The maximum atomic E-state index is 12.5. The number of amides is 2. The van der Waals surface area contributed by atoms with Gasteiger partial charge in [-0.25, -0.2) is 0 Å². The van der Waals surface area contributed by atoms with E-state index < -0.39 is 10.8 Å². The van der Waals surface area contributed by atoms with Crippen molar-refractivity contribution >= 4 is 28.9 Å². The lowest BCUT2D eigenvalue weighted by atomic mass is 10.1. The average molecular weight is 357 g/mol. The Kier molecular flexibility index (Phi) is 5.90. The molecule has 0 spiro atoms. The zero-order chi connectivity index (χ0) is 19.3. The Hall–Kier alpha value is -3.42. The fourth-order valence-electron chi connectivity index (χ4n) is 2.15. The molecule has 136 valence electrons. The van der Waals surface area contributed by atoms with Crippen molar-refractivity contribution in [1.82, 2.24) is 0 Å². The molecule has 0 saturated carbocycles. The molecular formula is C18H19N3O5. The summed E-state index contributed by atoms with van der Waals surface area (Å²) in [7, 11) is 1.38. The van der Waals surface area contributed by atoms with E-state index in [1.165, 1.54) is 19.2 Å². The third-order valence-corrected chi connectivity index (χ3v) is 3.55. The molecule has 8 heteroatoms. The highest BCUT2D eigenvalue weighted by molar-refractivity contribution is 6.07. The van der Waals surface area contributed by atoms with E-state index in [0.717, 1.165) is 6.07 Å². The van der Waals surface area contributed by atoms with Crippen molar-refractivity contribution in [1.29, 1.82) is 0 Å². The first-order chi connectivity index (χ1) is 12.3. The number of non-ortho nitro benzene ring substituents is 1. The van der Waals surface area contributed by atoms with Crippen LogP contribution in [0.1, 0.15) is 24.2 Å². The number of hydrogen-bond donors (Lipinski definition) is 2. The van der Waals surface area contributed by atoms with Crippen molar-refractivity contribution in [2.45, 2.75) is 13.8 Å². The monoisotopic (exact) mass is 357 g/mol. The Morgan fingerprint density at radius 3 is 2.31 bits per heavy atom. The third-order valence-electron chi connectivity index (χ3n) is 3.55. The molecule has 0 atom stereocenters. The number of nitrogens with one attached hydrogen (secondary N) is 2. The number of carbonyl (C=O) groups excluding carboxylic acids is 2. The van der Waals surface area contributed by atoms with Gasteiger partial charge < -0.3 is 15.4 Å². The number of rotatable bonds is 6. The molecule has 0 aliphatic heterocycles. The Labute approximate surface area is 150 Å². The van der Waals surface area contributed by atoms with E-state index in [4.69, 9.17) is 4.74 Å². The second kappa shape index (κ2) is 8.11. The quantitative estimate of drug-likeness (QED) is 0.608. The number of carbonyl (C=O) groups is 2. The lowest BCUT2D eigenvalue weighted by Crippen LogP contribution is -2.18. The van der Waals surface area contributed by atoms with Gasteiger partial charge in [0, 0.05) is 29.4 Å². The van der Waals surface area contributed by atoms with Crippen LogP contribution < -0.4 is 15.4 Å². The number of nitro benzene ring substituents is 1. The number of hydrogen-bond acceptors (Lipinski definition) is 5. The van der Waals surface area contributed by atoms with Crippen LogP contribution in [-0.2, 0) is 4.79 Å². The second-order valence-corrected chi connectivity index (χ2v) is 5.82. The maximum absolute atomic E-state index is 12.5. The Morgan fingerprint density at radius 2 is 1.73 bits per heavy atom. The van der Waals surface area contributed by atoms with E-state index in [2.05, 4.69) is 10.6 Å². The van der Waals surface area contributed by atoms with E-state index in [1.807, 2.05) is 0 Å². The minimum absolute atomic E-state index is 0.0401. The second-order valence-electron chi connectivity index (χ2n) is 5.82. The molecule has 2 aromatic carbocycles. The number of anilines is 2. The molecule has 2 amide bonds. The Balaban J connectivity index is 2.23. The largest absolute Gasteiger partial charge is 0.496 e. The summed E-state index contributed by atoms with van der Waals surface area (Å²) in [6, 6.07) is 10.4. The van der Waals surface area contributed by atoms with Gasteiger partial charge >= 0.3 is 0 Å². The number of nitro groups is 1. The van der Waals surface area contributed by atoms with Crippen molar-refractivity contribution in [3.63, 3.8) is 0 Å². The molecule has 0 bridgehead atoms. The fourth-order valence-corrected chi connectivity index (χ4v) is 2.15. The van der Waals surface area contributed by atoms with E-state index in [1.54, 1.807) is 38.1 Å². The van der Waals surface area contributed by atoms with Gasteiger partial charge in [-0.05, 0) is 24.3 Å². The van der Waals surface area contributed by atoms with E-state index in [9.17, 15) is 19.7 Å². The number of benzene rings is 2. The van der Waals surface area contributed by atoms with Crippen LogP contribution in [0.3, 0.4) is 0 Å². The van der Waals surface area contributed by atoms with Gasteiger partial charge in [-0.15, -0.1) is 0 Å². The summed E-state index contributed by atoms with van der Waals surface area (Å²) < 4.78 is 5.10. The van der Waals surface area contributed by atoms with Crippen molar-refractivity contribution in [2.24, 2.45) is 5.92 Å². The molecule has 0 radical (unpaired) electrons. The number of ether oxygens (including phenoxy) is 1. The van der Waals surface area contributed by atoms with Gasteiger partial charge in [-0.1, -0.05) is 19.9 Å². The predicted octanol–water partition coefficient (Wildman–Crippen LogP) is 3.45. The van der Waals surface area contributed by atoms with Crippen LogP contribution in [0.2, 0.25) is 0 Å². The minimum Gasteiger partial charge on any atom is -0.496 e.